The molecule has 0 aliphatic rings. The van der Waals surface area contributed by atoms with Gasteiger partial charge in [0.05, 0.1) is 10.7 Å². The summed E-state index contributed by atoms with van der Waals surface area (Å²) in [4.78, 5) is 39.8. The van der Waals surface area contributed by atoms with Crippen LogP contribution in [0.2, 0.25) is 5.02 Å². The van der Waals surface area contributed by atoms with Crippen LogP contribution in [0, 0.1) is 19.7 Å². The summed E-state index contributed by atoms with van der Waals surface area (Å²) in [6.07, 6.45) is 1.05. The Morgan fingerprint density at radius 3 is 2.44 bits per heavy atom. The second kappa shape index (κ2) is 7.20. The molecule has 0 aliphatic carbocycles. The number of benzene rings is 2. The third kappa shape index (κ3) is 3.54. The fourth-order valence-corrected chi connectivity index (χ4v) is 2.86. The lowest BCUT2D eigenvalue weighted by Crippen LogP contribution is -2.38. The van der Waals surface area contributed by atoms with Gasteiger partial charge in [0, 0.05) is 11.9 Å². The van der Waals surface area contributed by atoms with Crippen LogP contribution in [0.4, 0.5) is 10.1 Å². The molecule has 138 valence electrons. The van der Waals surface area contributed by atoms with Gasteiger partial charge >= 0.3 is 5.69 Å². The van der Waals surface area contributed by atoms with E-state index in [4.69, 9.17) is 11.6 Å². The molecule has 0 saturated carbocycles. The molecule has 1 amide bonds. The van der Waals surface area contributed by atoms with Crippen molar-refractivity contribution in [1.29, 1.82) is 0 Å². The van der Waals surface area contributed by atoms with Crippen LogP contribution in [-0.4, -0.2) is 15.5 Å². The van der Waals surface area contributed by atoms with E-state index >= 15 is 0 Å². The van der Waals surface area contributed by atoms with E-state index in [1.807, 2.05) is 32.0 Å². The lowest BCUT2D eigenvalue weighted by molar-refractivity contribution is 0.102. The van der Waals surface area contributed by atoms with Crippen LogP contribution in [0.15, 0.2) is 52.2 Å². The summed E-state index contributed by atoms with van der Waals surface area (Å²) in [6, 6.07) is 8.91. The highest BCUT2D eigenvalue weighted by Crippen LogP contribution is 2.20. The molecule has 0 aliphatic heterocycles. The monoisotopic (exact) mass is 387 g/mol. The fraction of sp³-hybridized carbons (Fsp3) is 0.105. The SMILES string of the molecule is Cc1cccc(C)c1NC(=O)c1c[nH]c(=O)n(-c2ccc(F)c(Cl)c2)c1=O. The zero-order chi connectivity index (χ0) is 19.7. The molecular weight excluding hydrogens is 373 g/mol. The summed E-state index contributed by atoms with van der Waals surface area (Å²) in [5.41, 5.74) is 0.421. The third-order valence-corrected chi connectivity index (χ3v) is 4.39. The van der Waals surface area contributed by atoms with E-state index in [1.54, 1.807) is 0 Å². The molecule has 0 atom stereocenters. The number of halogens is 2. The molecule has 6 nitrogen and oxygen atoms in total. The van der Waals surface area contributed by atoms with Crippen molar-refractivity contribution in [2.24, 2.45) is 0 Å². The van der Waals surface area contributed by atoms with E-state index in [2.05, 4.69) is 10.3 Å². The average Bonchev–Trinajstić information content (AvgIpc) is 2.61. The number of hydrogen-bond acceptors (Lipinski definition) is 3. The van der Waals surface area contributed by atoms with Crippen molar-refractivity contribution in [2.75, 3.05) is 5.32 Å². The van der Waals surface area contributed by atoms with Crippen molar-refractivity contribution in [3.8, 4) is 5.69 Å². The van der Waals surface area contributed by atoms with Gasteiger partial charge < -0.3 is 10.3 Å². The Balaban J connectivity index is 2.08. The van der Waals surface area contributed by atoms with Crippen LogP contribution in [-0.2, 0) is 0 Å². The zero-order valence-electron chi connectivity index (χ0n) is 14.5. The van der Waals surface area contributed by atoms with Gasteiger partial charge in [-0.2, -0.15) is 0 Å². The number of H-pyrrole nitrogens is 1. The van der Waals surface area contributed by atoms with E-state index < -0.39 is 23.0 Å². The number of aryl methyl sites for hydroxylation is 2. The number of rotatable bonds is 3. The van der Waals surface area contributed by atoms with E-state index in [9.17, 15) is 18.8 Å². The number of carbonyl (C=O) groups is 1. The standard InChI is InChI=1S/C19H15ClFN3O3/c1-10-4-3-5-11(2)16(10)23-17(25)13-9-22-19(27)24(18(13)26)12-6-7-15(21)14(20)8-12/h3-9H,1-2H3,(H,22,27)(H,23,25). The smallest absolute Gasteiger partial charge is 0.321 e. The first-order valence-electron chi connectivity index (χ1n) is 7.97. The van der Waals surface area contributed by atoms with Gasteiger partial charge in [-0.3, -0.25) is 9.59 Å². The van der Waals surface area contributed by atoms with Crippen molar-refractivity contribution < 1.29 is 9.18 Å². The normalized spacial score (nSPS) is 10.7. The number of carbonyl (C=O) groups excluding carboxylic acids is 1. The third-order valence-electron chi connectivity index (χ3n) is 4.10. The number of nitrogens with zero attached hydrogens (tertiary/aromatic N) is 1. The van der Waals surface area contributed by atoms with Crippen molar-refractivity contribution in [2.45, 2.75) is 13.8 Å². The number of para-hydroxylation sites is 1. The van der Waals surface area contributed by atoms with Gasteiger partial charge in [0.25, 0.3) is 11.5 Å². The largest absolute Gasteiger partial charge is 0.333 e. The van der Waals surface area contributed by atoms with Gasteiger partial charge in [0.2, 0.25) is 0 Å². The number of aromatic amines is 1. The topological polar surface area (TPSA) is 84.0 Å². The van der Waals surface area contributed by atoms with Gasteiger partial charge in [0.15, 0.2) is 0 Å². The molecular formula is C19H15ClFN3O3. The molecule has 0 fully saturated rings. The number of aromatic nitrogens is 2. The predicted octanol–water partition coefficient (Wildman–Crippen LogP) is 3.19. The van der Waals surface area contributed by atoms with Gasteiger partial charge in [-0.25, -0.2) is 13.8 Å². The number of hydrogen-bond donors (Lipinski definition) is 2. The Kier molecular flexibility index (Phi) is 4.96. The first-order valence-corrected chi connectivity index (χ1v) is 8.35. The van der Waals surface area contributed by atoms with Crippen molar-refractivity contribution in [3.63, 3.8) is 0 Å². The molecule has 1 heterocycles. The van der Waals surface area contributed by atoms with Crippen molar-refractivity contribution in [1.82, 2.24) is 9.55 Å². The average molecular weight is 388 g/mol. The van der Waals surface area contributed by atoms with Gasteiger partial charge in [0.1, 0.15) is 11.4 Å². The minimum atomic E-state index is -0.842. The molecule has 0 radical (unpaired) electrons. The van der Waals surface area contributed by atoms with Gasteiger partial charge in [-0.05, 0) is 43.2 Å². The van der Waals surface area contributed by atoms with Crippen LogP contribution in [0.5, 0.6) is 0 Å². The molecule has 2 N–H and O–H groups in total. The summed E-state index contributed by atoms with van der Waals surface area (Å²) in [6.45, 7) is 3.66. The summed E-state index contributed by atoms with van der Waals surface area (Å²) in [5, 5.41) is 2.45. The van der Waals surface area contributed by atoms with E-state index in [1.165, 1.54) is 6.07 Å². The van der Waals surface area contributed by atoms with E-state index in [0.717, 1.165) is 34.0 Å². The maximum atomic E-state index is 13.4. The number of anilines is 1. The van der Waals surface area contributed by atoms with Gasteiger partial charge in [-0.1, -0.05) is 29.8 Å². The second-order valence-corrected chi connectivity index (χ2v) is 6.37. The first-order chi connectivity index (χ1) is 12.8. The predicted molar refractivity (Wildman–Crippen MR) is 101 cm³/mol. The van der Waals surface area contributed by atoms with E-state index in [-0.39, 0.29) is 16.3 Å². The fourth-order valence-electron chi connectivity index (χ4n) is 2.69. The van der Waals surface area contributed by atoms with Crippen LogP contribution in [0.1, 0.15) is 21.5 Å². The summed E-state index contributed by atoms with van der Waals surface area (Å²) >= 11 is 5.73. The van der Waals surface area contributed by atoms with Crippen LogP contribution < -0.4 is 16.6 Å². The molecule has 27 heavy (non-hydrogen) atoms. The summed E-state index contributed by atoms with van der Waals surface area (Å²) < 4.78 is 14.1. The zero-order valence-corrected chi connectivity index (χ0v) is 15.2. The molecule has 2 aromatic carbocycles. The Hall–Kier alpha value is -3.19. The van der Waals surface area contributed by atoms with Gasteiger partial charge in [-0.15, -0.1) is 0 Å². The quantitative estimate of drug-likeness (QED) is 0.724. The Labute approximate surface area is 158 Å². The highest BCUT2D eigenvalue weighted by molar-refractivity contribution is 6.30. The maximum absolute atomic E-state index is 13.4. The van der Waals surface area contributed by atoms with Crippen LogP contribution >= 0.6 is 11.6 Å². The number of amides is 1. The molecule has 0 saturated heterocycles. The molecule has 3 aromatic rings. The lowest BCUT2D eigenvalue weighted by atomic mass is 10.1. The highest BCUT2D eigenvalue weighted by Gasteiger charge is 2.18. The Morgan fingerprint density at radius 2 is 1.81 bits per heavy atom. The summed E-state index contributed by atoms with van der Waals surface area (Å²) in [5.74, 6) is -1.36. The second-order valence-electron chi connectivity index (χ2n) is 5.97. The summed E-state index contributed by atoms with van der Waals surface area (Å²) in [7, 11) is 0. The minimum Gasteiger partial charge on any atom is -0.321 e. The van der Waals surface area contributed by atoms with Crippen LogP contribution in [0.3, 0.4) is 0 Å². The Bertz CT molecular complexity index is 1150. The Morgan fingerprint density at radius 1 is 1.15 bits per heavy atom. The minimum absolute atomic E-state index is 0.0503. The van der Waals surface area contributed by atoms with E-state index in [0.29, 0.717) is 5.69 Å². The molecule has 3 rings (SSSR count). The molecule has 0 unspecified atom stereocenters. The lowest BCUT2D eigenvalue weighted by Gasteiger charge is -2.12. The molecule has 8 heteroatoms. The highest BCUT2D eigenvalue weighted by atomic mass is 35.5. The maximum Gasteiger partial charge on any atom is 0.333 e. The van der Waals surface area contributed by atoms with Crippen molar-refractivity contribution >= 4 is 23.2 Å². The number of nitrogens with one attached hydrogen (secondary N) is 2. The molecule has 0 bridgehead atoms. The molecule has 0 spiro atoms. The molecule has 1 aromatic heterocycles. The van der Waals surface area contributed by atoms with Crippen molar-refractivity contribution in [3.05, 3.63) is 91.0 Å². The van der Waals surface area contributed by atoms with Crippen LogP contribution in [0.25, 0.3) is 5.69 Å². The first kappa shape index (κ1) is 18.6.